The molecule has 126 valence electrons. The molecule has 0 aliphatic carbocycles. The molecule has 0 saturated carbocycles. The molecule has 0 atom stereocenters. The molecule has 1 fully saturated rings. The second-order valence-electron chi connectivity index (χ2n) is 5.59. The lowest BCUT2D eigenvalue weighted by Crippen LogP contribution is -2.44. The lowest BCUT2D eigenvalue weighted by atomic mass is 9.90. The second-order valence-corrected chi connectivity index (χ2v) is 5.59. The molecule has 0 N–H and O–H groups in total. The number of esters is 1. The van der Waals surface area contributed by atoms with Gasteiger partial charge in [0.15, 0.2) is 11.5 Å². The molecule has 23 heavy (non-hydrogen) atoms. The smallest absolute Gasteiger partial charge is 0.345 e. The Morgan fingerprint density at radius 3 is 2.57 bits per heavy atom. The topological polar surface area (TPSA) is 97.1 Å². The van der Waals surface area contributed by atoms with Crippen LogP contribution < -0.4 is 9.47 Å². The van der Waals surface area contributed by atoms with Crippen LogP contribution in [0.1, 0.15) is 24.2 Å². The molecule has 0 aromatic heterocycles. The van der Waals surface area contributed by atoms with Gasteiger partial charge in [-0.3, -0.25) is 10.1 Å². The first-order valence-corrected chi connectivity index (χ1v) is 7.14. The molecule has 1 aromatic carbocycles. The van der Waals surface area contributed by atoms with Crippen LogP contribution in [0.15, 0.2) is 12.1 Å². The largest absolute Gasteiger partial charge is 0.493 e. The van der Waals surface area contributed by atoms with Gasteiger partial charge in [0, 0.05) is 11.5 Å². The fourth-order valence-electron chi connectivity index (χ4n) is 2.14. The third kappa shape index (κ3) is 3.70. The summed E-state index contributed by atoms with van der Waals surface area (Å²) >= 11 is 0. The van der Waals surface area contributed by atoms with Gasteiger partial charge >= 0.3 is 5.97 Å². The minimum absolute atomic E-state index is 0.138. The Kier molecular flexibility index (Phi) is 5.05. The van der Waals surface area contributed by atoms with Crippen molar-refractivity contribution in [2.45, 2.75) is 13.8 Å². The number of carbonyl (C=O) groups excluding carboxylic acids is 1. The Morgan fingerprint density at radius 1 is 1.39 bits per heavy atom. The summed E-state index contributed by atoms with van der Waals surface area (Å²) in [6, 6.07) is 2.44. The molecular formula is C15H19NO7. The zero-order valence-corrected chi connectivity index (χ0v) is 13.3. The van der Waals surface area contributed by atoms with Gasteiger partial charge < -0.3 is 18.9 Å². The molecule has 1 aliphatic rings. The van der Waals surface area contributed by atoms with Gasteiger partial charge in [-0.1, -0.05) is 6.92 Å². The Labute approximate surface area is 133 Å². The van der Waals surface area contributed by atoms with E-state index in [0.717, 1.165) is 6.07 Å². The molecule has 8 nitrogen and oxygen atoms in total. The van der Waals surface area contributed by atoms with Crippen molar-refractivity contribution in [3.8, 4) is 11.5 Å². The third-order valence-corrected chi connectivity index (χ3v) is 3.45. The normalized spacial score (nSPS) is 15.4. The molecule has 8 heteroatoms. The van der Waals surface area contributed by atoms with Gasteiger partial charge in [-0.15, -0.1) is 0 Å². The van der Waals surface area contributed by atoms with E-state index < -0.39 is 10.9 Å². The SMILES string of the molecule is CCOc1cc(C(=O)OCC2(C)COC2)c([N+](=O)[O-])cc1OC. The van der Waals surface area contributed by atoms with Gasteiger partial charge in [0.25, 0.3) is 5.69 Å². The zero-order valence-electron chi connectivity index (χ0n) is 13.3. The highest BCUT2D eigenvalue weighted by molar-refractivity contribution is 5.95. The number of hydrogen-bond acceptors (Lipinski definition) is 7. The number of carbonyl (C=O) groups is 1. The van der Waals surface area contributed by atoms with Crippen LogP contribution in [0.4, 0.5) is 5.69 Å². The van der Waals surface area contributed by atoms with Crippen LogP contribution in [-0.2, 0) is 9.47 Å². The number of ether oxygens (including phenoxy) is 4. The molecule has 0 unspecified atom stereocenters. The van der Waals surface area contributed by atoms with Gasteiger partial charge in [0.05, 0.1) is 37.9 Å². The first-order valence-electron chi connectivity index (χ1n) is 7.14. The number of nitro groups is 1. The lowest BCUT2D eigenvalue weighted by Gasteiger charge is -2.37. The summed E-state index contributed by atoms with van der Waals surface area (Å²) in [4.78, 5) is 22.8. The van der Waals surface area contributed by atoms with E-state index in [1.165, 1.54) is 13.2 Å². The van der Waals surface area contributed by atoms with Crippen molar-refractivity contribution < 1.29 is 28.7 Å². The molecule has 1 saturated heterocycles. The number of rotatable bonds is 7. The average Bonchev–Trinajstić information content (AvgIpc) is 2.50. The number of nitro benzene ring substituents is 1. The van der Waals surface area contributed by atoms with Gasteiger partial charge in [0.1, 0.15) is 12.2 Å². The summed E-state index contributed by atoms with van der Waals surface area (Å²) in [7, 11) is 1.37. The van der Waals surface area contributed by atoms with Gasteiger partial charge in [-0.2, -0.15) is 0 Å². The second kappa shape index (κ2) is 6.82. The maximum atomic E-state index is 12.2. The Bertz CT molecular complexity index is 610. The van der Waals surface area contributed by atoms with Crippen LogP contribution in [0.5, 0.6) is 11.5 Å². The van der Waals surface area contributed by atoms with E-state index in [0.29, 0.717) is 19.8 Å². The molecule has 1 heterocycles. The third-order valence-electron chi connectivity index (χ3n) is 3.45. The van der Waals surface area contributed by atoms with Crippen LogP contribution in [0.25, 0.3) is 0 Å². The van der Waals surface area contributed by atoms with Crippen LogP contribution in [0.3, 0.4) is 0 Å². The van der Waals surface area contributed by atoms with Crippen molar-refractivity contribution >= 4 is 11.7 Å². The summed E-state index contributed by atoms with van der Waals surface area (Å²) in [6.07, 6.45) is 0. The van der Waals surface area contributed by atoms with Crippen LogP contribution in [0.2, 0.25) is 0 Å². The predicted octanol–water partition coefficient (Wildman–Crippen LogP) is 2.20. The standard InChI is InChI=1S/C15H19NO7/c1-4-22-13-5-10(11(16(18)19)6-12(13)20-3)14(17)23-9-15(2)7-21-8-15/h5-6H,4,7-9H2,1-3H3. The quantitative estimate of drug-likeness (QED) is 0.430. The molecule has 0 spiro atoms. The van der Waals surface area contributed by atoms with Crippen molar-refractivity contribution in [3.05, 3.63) is 27.8 Å². The maximum absolute atomic E-state index is 12.2. The Hall–Kier alpha value is -2.35. The van der Waals surface area contributed by atoms with Gasteiger partial charge in [0.2, 0.25) is 0 Å². The molecule has 1 aromatic rings. The molecule has 1 aliphatic heterocycles. The average molecular weight is 325 g/mol. The van der Waals surface area contributed by atoms with Crippen molar-refractivity contribution in [2.75, 3.05) is 33.5 Å². The number of methoxy groups -OCH3 is 1. The molecular weight excluding hydrogens is 306 g/mol. The lowest BCUT2D eigenvalue weighted by molar-refractivity contribution is -0.385. The van der Waals surface area contributed by atoms with E-state index in [2.05, 4.69) is 0 Å². The Morgan fingerprint density at radius 2 is 2.09 bits per heavy atom. The highest BCUT2D eigenvalue weighted by atomic mass is 16.6. The van der Waals surface area contributed by atoms with Crippen molar-refractivity contribution in [1.82, 2.24) is 0 Å². The molecule has 0 radical (unpaired) electrons. The fourth-order valence-corrected chi connectivity index (χ4v) is 2.14. The van der Waals surface area contributed by atoms with E-state index in [-0.39, 0.29) is 34.8 Å². The highest BCUT2D eigenvalue weighted by Crippen LogP contribution is 2.35. The van der Waals surface area contributed by atoms with Crippen molar-refractivity contribution in [1.29, 1.82) is 0 Å². The summed E-state index contributed by atoms with van der Waals surface area (Å²) < 4.78 is 20.7. The first-order chi connectivity index (χ1) is 10.9. The summed E-state index contributed by atoms with van der Waals surface area (Å²) in [5, 5.41) is 11.2. The first kappa shape index (κ1) is 17.0. The van der Waals surface area contributed by atoms with E-state index in [1.54, 1.807) is 6.92 Å². The monoisotopic (exact) mass is 325 g/mol. The van der Waals surface area contributed by atoms with Crippen LogP contribution in [-0.4, -0.2) is 44.4 Å². The predicted molar refractivity (Wildman–Crippen MR) is 80.0 cm³/mol. The number of benzene rings is 1. The van der Waals surface area contributed by atoms with Crippen LogP contribution in [0, 0.1) is 15.5 Å². The molecule has 0 bridgehead atoms. The van der Waals surface area contributed by atoms with Crippen LogP contribution >= 0.6 is 0 Å². The summed E-state index contributed by atoms with van der Waals surface area (Å²) in [5.74, 6) is -0.325. The summed E-state index contributed by atoms with van der Waals surface area (Å²) in [6.45, 7) is 5.13. The van der Waals surface area contributed by atoms with Crippen molar-refractivity contribution in [3.63, 3.8) is 0 Å². The zero-order chi connectivity index (χ0) is 17.0. The van der Waals surface area contributed by atoms with Gasteiger partial charge in [-0.25, -0.2) is 4.79 Å². The minimum atomic E-state index is -0.770. The highest BCUT2D eigenvalue weighted by Gasteiger charge is 2.36. The maximum Gasteiger partial charge on any atom is 0.345 e. The molecule has 0 amide bonds. The number of nitrogens with zero attached hydrogens (tertiary/aromatic N) is 1. The van der Waals surface area contributed by atoms with E-state index in [9.17, 15) is 14.9 Å². The molecule has 2 rings (SSSR count). The van der Waals surface area contributed by atoms with E-state index >= 15 is 0 Å². The summed E-state index contributed by atoms with van der Waals surface area (Å²) in [5.41, 5.74) is -0.784. The minimum Gasteiger partial charge on any atom is -0.493 e. The fraction of sp³-hybridized carbons (Fsp3) is 0.533. The Balaban J connectivity index is 2.28. The van der Waals surface area contributed by atoms with Crippen molar-refractivity contribution in [2.24, 2.45) is 5.41 Å². The van der Waals surface area contributed by atoms with E-state index in [1.807, 2.05) is 6.92 Å². The number of hydrogen-bond donors (Lipinski definition) is 0. The van der Waals surface area contributed by atoms with E-state index in [4.69, 9.17) is 18.9 Å². The van der Waals surface area contributed by atoms with Gasteiger partial charge in [-0.05, 0) is 6.92 Å².